The van der Waals surface area contributed by atoms with E-state index in [1.807, 2.05) is 0 Å². The molecule has 0 unspecified atom stereocenters. The summed E-state index contributed by atoms with van der Waals surface area (Å²) in [6.45, 7) is 0.0446. The molecule has 0 atom stereocenters. The highest BCUT2D eigenvalue weighted by Gasteiger charge is 2.25. The fourth-order valence-electron chi connectivity index (χ4n) is 1.38. The van der Waals surface area contributed by atoms with E-state index in [9.17, 15) is 18.0 Å². The van der Waals surface area contributed by atoms with Gasteiger partial charge in [0.2, 0.25) is 5.91 Å². The first-order valence-electron chi connectivity index (χ1n) is 5.48. The number of rotatable bonds is 5. The highest BCUT2D eigenvalue weighted by Crippen LogP contribution is 2.20. The van der Waals surface area contributed by atoms with Gasteiger partial charge < -0.3 is 5.32 Å². The van der Waals surface area contributed by atoms with Gasteiger partial charge in [-0.25, -0.2) is 0 Å². The monoisotopic (exact) mass is 277 g/mol. The maximum absolute atomic E-state index is 11.8. The highest BCUT2D eigenvalue weighted by molar-refractivity contribution is 7.80. The van der Waals surface area contributed by atoms with Crippen molar-refractivity contribution < 1.29 is 18.0 Å². The van der Waals surface area contributed by atoms with Crippen LogP contribution < -0.4 is 5.32 Å². The summed E-state index contributed by atoms with van der Waals surface area (Å²) in [7, 11) is 0. The number of hydrogen-bond donors (Lipinski definition) is 2. The molecule has 0 aromatic heterocycles. The number of halogens is 3. The first-order chi connectivity index (χ1) is 8.37. The van der Waals surface area contributed by atoms with Crippen LogP contribution in [0.1, 0.15) is 18.4 Å². The largest absolute Gasteiger partial charge is 0.389 e. The van der Waals surface area contributed by atoms with Crippen LogP contribution in [0.15, 0.2) is 29.2 Å². The van der Waals surface area contributed by atoms with E-state index >= 15 is 0 Å². The van der Waals surface area contributed by atoms with E-state index in [0.29, 0.717) is 0 Å². The molecule has 0 radical (unpaired) electrons. The van der Waals surface area contributed by atoms with E-state index in [2.05, 4.69) is 17.9 Å². The lowest BCUT2D eigenvalue weighted by atomic mass is 10.1. The van der Waals surface area contributed by atoms with Gasteiger partial charge in [-0.3, -0.25) is 4.79 Å². The smallest absolute Gasteiger partial charge is 0.356 e. The number of thiol groups is 1. The molecule has 0 spiro atoms. The fraction of sp³-hybridized carbons (Fsp3) is 0.417. The van der Waals surface area contributed by atoms with Gasteiger partial charge in [0, 0.05) is 17.9 Å². The molecule has 0 heterocycles. The van der Waals surface area contributed by atoms with Crippen LogP contribution in [0.2, 0.25) is 0 Å². The molecule has 18 heavy (non-hydrogen) atoms. The molecule has 0 bridgehead atoms. The molecule has 0 aliphatic rings. The van der Waals surface area contributed by atoms with Gasteiger partial charge in [-0.1, -0.05) is 12.1 Å². The Morgan fingerprint density at radius 3 is 2.39 bits per heavy atom. The molecular weight excluding hydrogens is 263 g/mol. The molecule has 1 aromatic rings. The third-order valence-corrected chi connectivity index (χ3v) is 2.56. The van der Waals surface area contributed by atoms with Gasteiger partial charge in [-0.15, -0.1) is 12.6 Å². The molecule has 0 aliphatic carbocycles. The quantitative estimate of drug-likeness (QED) is 0.629. The summed E-state index contributed by atoms with van der Waals surface area (Å²) < 4.78 is 35.5. The summed E-state index contributed by atoms with van der Waals surface area (Å²) in [5.74, 6) is -0.274. The predicted molar refractivity (Wildman–Crippen MR) is 65.7 cm³/mol. The van der Waals surface area contributed by atoms with Crippen LogP contribution in [0.3, 0.4) is 0 Å². The van der Waals surface area contributed by atoms with Crippen LogP contribution in [0.25, 0.3) is 0 Å². The number of benzene rings is 1. The van der Waals surface area contributed by atoms with Crippen LogP contribution >= 0.6 is 12.6 Å². The number of hydrogen-bond acceptors (Lipinski definition) is 2. The Kier molecular flexibility index (Phi) is 5.53. The van der Waals surface area contributed by atoms with Gasteiger partial charge in [0.05, 0.1) is 6.42 Å². The Bertz CT molecular complexity index is 389. The summed E-state index contributed by atoms with van der Waals surface area (Å²) in [6.07, 6.45) is -4.96. The molecule has 0 saturated heterocycles. The standard InChI is InChI=1S/C12H14F3NOS/c13-12(14,15)6-1-7-16-11(17)8-9-2-4-10(18)5-3-9/h2-5,18H,1,6-8H2,(H,16,17). The average molecular weight is 277 g/mol. The summed E-state index contributed by atoms with van der Waals surface area (Å²) in [4.78, 5) is 12.2. The minimum absolute atomic E-state index is 0.0446. The zero-order valence-corrected chi connectivity index (χ0v) is 10.5. The molecule has 1 aromatic carbocycles. The second kappa shape index (κ2) is 6.68. The normalized spacial score (nSPS) is 11.3. The first kappa shape index (κ1) is 14.9. The van der Waals surface area contributed by atoms with Crippen molar-refractivity contribution in [1.82, 2.24) is 5.32 Å². The Balaban J connectivity index is 2.24. The van der Waals surface area contributed by atoms with Crippen molar-refractivity contribution in [2.45, 2.75) is 30.3 Å². The SMILES string of the molecule is O=C(Cc1ccc(S)cc1)NCCCC(F)(F)F. The average Bonchev–Trinajstić information content (AvgIpc) is 2.26. The van der Waals surface area contributed by atoms with Crippen molar-refractivity contribution in [2.75, 3.05) is 6.54 Å². The maximum atomic E-state index is 11.8. The third-order valence-electron chi connectivity index (χ3n) is 2.26. The Labute approximate surface area is 109 Å². The lowest BCUT2D eigenvalue weighted by molar-refractivity contribution is -0.136. The van der Waals surface area contributed by atoms with Crippen LogP contribution in [0, 0.1) is 0 Å². The van der Waals surface area contributed by atoms with E-state index in [1.54, 1.807) is 24.3 Å². The van der Waals surface area contributed by atoms with E-state index in [-0.39, 0.29) is 25.3 Å². The number of carbonyl (C=O) groups is 1. The van der Waals surface area contributed by atoms with E-state index in [1.165, 1.54) is 0 Å². The molecule has 6 heteroatoms. The van der Waals surface area contributed by atoms with E-state index in [0.717, 1.165) is 10.5 Å². The van der Waals surface area contributed by atoms with Gasteiger partial charge in [0.25, 0.3) is 0 Å². The van der Waals surface area contributed by atoms with Crippen molar-refractivity contribution in [3.63, 3.8) is 0 Å². The molecule has 100 valence electrons. The van der Waals surface area contributed by atoms with E-state index in [4.69, 9.17) is 0 Å². The molecule has 0 fully saturated rings. The van der Waals surface area contributed by atoms with Crippen LogP contribution in [0.4, 0.5) is 13.2 Å². The molecule has 1 N–H and O–H groups in total. The third kappa shape index (κ3) is 6.54. The lowest BCUT2D eigenvalue weighted by Crippen LogP contribution is -2.27. The first-order valence-corrected chi connectivity index (χ1v) is 5.93. The Hall–Kier alpha value is -1.17. The second-order valence-electron chi connectivity index (χ2n) is 3.91. The van der Waals surface area contributed by atoms with Crippen molar-refractivity contribution >= 4 is 18.5 Å². The Morgan fingerprint density at radius 1 is 1.22 bits per heavy atom. The summed E-state index contributed by atoms with van der Waals surface area (Å²) in [6, 6.07) is 7.04. The summed E-state index contributed by atoms with van der Waals surface area (Å²) in [5, 5.41) is 2.46. The summed E-state index contributed by atoms with van der Waals surface area (Å²) in [5.41, 5.74) is 0.807. The van der Waals surface area contributed by atoms with Gasteiger partial charge in [0.15, 0.2) is 0 Å². The number of nitrogens with one attached hydrogen (secondary N) is 1. The molecular formula is C12H14F3NOS. The highest BCUT2D eigenvalue weighted by atomic mass is 32.1. The van der Waals surface area contributed by atoms with Crippen molar-refractivity contribution in [2.24, 2.45) is 0 Å². The van der Waals surface area contributed by atoms with Crippen molar-refractivity contribution in [3.05, 3.63) is 29.8 Å². The zero-order valence-electron chi connectivity index (χ0n) is 9.63. The molecule has 0 aliphatic heterocycles. The van der Waals surface area contributed by atoms with Crippen LogP contribution in [-0.2, 0) is 11.2 Å². The predicted octanol–water partition coefficient (Wildman–Crippen LogP) is 2.98. The van der Waals surface area contributed by atoms with Gasteiger partial charge in [-0.05, 0) is 24.1 Å². The number of amides is 1. The van der Waals surface area contributed by atoms with Crippen molar-refractivity contribution in [1.29, 1.82) is 0 Å². The van der Waals surface area contributed by atoms with Crippen molar-refractivity contribution in [3.8, 4) is 0 Å². The lowest BCUT2D eigenvalue weighted by Gasteiger charge is -2.07. The fourth-order valence-corrected chi connectivity index (χ4v) is 1.53. The number of carbonyl (C=O) groups excluding carboxylic acids is 1. The molecule has 1 amide bonds. The summed E-state index contributed by atoms with van der Waals surface area (Å²) >= 11 is 4.11. The molecule has 2 nitrogen and oxygen atoms in total. The van der Waals surface area contributed by atoms with Crippen LogP contribution in [-0.4, -0.2) is 18.6 Å². The minimum Gasteiger partial charge on any atom is -0.356 e. The molecule has 0 saturated carbocycles. The van der Waals surface area contributed by atoms with Gasteiger partial charge in [0.1, 0.15) is 0 Å². The van der Waals surface area contributed by atoms with Gasteiger partial charge in [-0.2, -0.15) is 13.2 Å². The van der Waals surface area contributed by atoms with Crippen LogP contribution in [0.5, 0.6) is 0 Å². The minimum atomic E-state index is -4.16. The molecule has 1 rings (SSSR count). The van der Waals surface area contributed by atoms with E-state index < -0.39 is 12.6 Å². The topological polar surface area (TPSA) is 29.1 Å². The Morgan fingerprint density at radius 2 is 1.83 bits per heavy atom. The van der Waals surface area contributed by atoms with Gasteiger partial charge >= 0.3 is 6.18 Å². The second-order valence-corrected chi connectivity index (χ2v) is 4.43. The zero-order chi connectivity index (χ0) is 13.6. The maximum Gasteiger partial charge on any atom is 0.389 e. The number of alkyl halides is 3.